The zero-order chi connectivity index (χ0) is 59.1. The lowest BCUT2D eigenvalue weighted by atomic mass is 10.0. The minimum atomic E-state index is -1.63. The summed E-state index contributed by atoms with van der Waals surface area (Å²) in [6.45, 7) is 4.63. The second-order valence-corrected chi connectivity index (χ2v) is 23.0. The molecule has 0 amide bonds. The molecule has 0 N–H and O–H groups in total. The number of nitrogens with zero attached hydrogens (tertiary/aromatic N) is 1. The summed E-state index contributed by atoms with van der Waals surface area (Å²) in [5.74, 6) is -2.29. The fourth-order valence-electron chi connectivity index (χ4n) is 8.96. The molecule has 0 aliphatic carbocycles. The molecular formula is C72H123NO8. The molecule has 81 heavy (non-hydrogen) atoms. The number of unbranched alkanes of at least 4 members (excludes halogenated alkanes) is 27. The number of hydrogen-bond acceptors (Lipinski definition) is 8. The average Bonchev–Trinajstić information content (AvgIpc) is 3.44. The van der Waals surface area contributed by atoms with Crippen molar-refractivity contribution in [2.75, 3.05) is 47.5 Å². The van der Waals surface area contributed by atoms with Gasteiger partial charge in [-0.25, -0.2) is 0 Å². The van der Waals surface area contributed by atoms with Crippen LogP contribution in [0.5, 0.6) is 0 Å². The van der Waals surface area contributed by atoms with Crippen LogP contribution in [-0.2, 0) is 33.3 Å². The van der Waals surface area contributed by atoms with Gasteiger partial charge in [0.2, 0.25) is 0 Å². The van der Waals surface area contributed by atoms with Crippen LogP contribution in [0.2, 0.25) is 0 Å². The molecule has 0 bridgehead atoms. The molecule has 9 nitrogen and oxygen atoms in total. The van der Waals surface area contributed by atoms with Crippen molar-refractivity contribution in [2.24, 2.45) is 0 Å². The Morgan fingerprint density at radius 2 is 0.704 bits per heavy atom. The van der Waals surface area contributed by atoms with Crippen molar-refractivity contribution < 1.29 is 42.9 Å². The van der Waals surface area contributed by atoms with E-state index in [9.17, 15) is 19.5 Å². The maximum atomic E-state index is 12.9. The Morgan fingerprint density at radius 1 is 0.383 bits per heavy atom. The van der Waals surface area contributed by atoms with E-state index in [1.807, 2.05) is 21.1 Å². The van der Waals surface area contributed by atoms with Crippen LogP contribution >= 0.6 is 0 Å². The number of esters is 2. The molecule has 0 aliphatic rings. The molecule has 2 unspecified atom stereocenters. The molecule has 0 heterocycles. The van der Waals surface area contributed by atoms with Gasteiger partial charge in [0.1, 0.15) is 13.2 Å². The van der Waals surface area contributed by atoms with E-state index in [0.29, 0.717) is 17.4 Å². The predicted molar refractivity (Wildman–Crippen MR) is 343 cm³/mol. The summed E-state index contributed by atoms with van der Waals surface area (Å²) in [5, 5.41) is 11.8. The number of carbonyl (C=O) groups is 3. The summed E-state index contributed by atoms with van der Waals surface area (Å²) < 4.78 is 22.7. The molecule has 0 fully saturated rings. The summed E-state index contributed by atoms with van der Waals surface area (Å²) in [7, 11) is 5.92. The Kier molecular flexibility index (Phi) is 58.9. The monoisotopic (exact) mass is 1130 g/mol. The van der Waals surface area contributed by atoms with Crippen molar-refractivity contribution in [3.8, 4) is 0 Å². The largest absolute Gasteiger partial charge is 0.545 e. The van der Waals surface area contributed by atoms with Gasteiger partial charge < -0.3 is 33.3 Å². The number of rotatable bonds is 60. The minimum Gasteiger partial charge on any atom is -0.545 e. The van der Waals surface area contributed by atoms with Gasteiger partial charge in [-0.15, -0.1) is 0 Å². The maximum absolute atomic E-state index is 12.9. The number of quaternary nitrogens is 1. The molecule has 0 saturated carbocycles. The first-order chi connectivity index (χ1) is 39.6. The van der Waals surface area contributed by atoms with Crippen molar-refractivity contribution in [3.05, 3.63) is 109 Å². The lowest BCUT2D eigenvalue weighted by molar-refractivity contribution is -0.870. The Labute approximate surface area is 498 Å². The quantitative estimate of drug-likeness (QED) is 0.0195. The van der Waals surface area contributed by atoms with Crippen LogP contribution in [0.25, 0.3) is 0 Å². The maximum Gasteiger partial charge on any atom is 0.306 e. The van der Waals surface area contributed by atoms with E-state index in [2.05, 4.69) is 123 Å². The molecule has 0 aromatic rings. The second kappa shape index (κ2) is 62.0. The van der Waals surface area contributed by atoms with Crippen molar-refractivity contribution in [1.82, 2.24) is 0 Å². The minimum absolute atomic E-state index is 0.144. The van der Waals surface area contributed by atoms with E-state index >= 15 is 0 Å². The molecule has 2 atom stereocenters. The molecule has 0 aliphatic heterocycles. The van der Waals surface area contributed by atoms with E-state index in [1.165, 1.54) is 135 Å². The van der Waals surface area contributed by atoms with E-state index < -0.39 is 24.3 Å². The number of carbonyl (C=O) groups excluding carboxylic acids is 3. The summed E-state index contributed by atoms with van der Waals surface area (Å²) in [5.41, 5.74) is 0. The fraction of sp³-hybridized carbons (Fsp3) is 0.708. The number of hydrogen-bond donors (Lipinski definition) is 0. The topological polar surface area (TPSA) is 111 Å². The van der Waals surface area contributed by atoms with Crippen molar-refractivity contribution in [2.45, 2.75) is 283 Å². The Morgan fingerprint density at radius 3 is 1.06 bits per heavy atom. The van der Waals surface area contributed by atoms with Gasteiger partial charge in [0.05, 0.1) is 40.3 Å². The number of aliphatic carboxylic acids is 1. The van der Waals surface area contributed by atoms with Crippen LogP contribution in [0.4, 0.5) is 0 Å². The van der Waals surface area contributed by atoms with Gasteiger partial charge in [0.15, 0.2) is 12.4 Å². The summed E-state index contributed by atoms with van der Waals surface area (Å²) in [6, 6.07) is 0. The zero-order valence-electron chi connectivity index (χ0n) is 52.9. The van der Waals surface area contributed by atoms with E-state index in [4.69, 9.17) is 18.9 Å². The van der Waals surface area contributed by atoms with E-state index in [1.54, 1.807) is 0 Å². The van der Waals surface area contributed by atoms with E-state index in [0.717, 1.165) is 103 Å². The van der Waals surface area contributed by atoms with Gasteiger partial charge in [0.25, 0.3) is 0 Å². The van der Waals surface area contributed by atoms with Crippen LogP contribution in [0.15, 0.2) is 109 Å². The van der Waals surface area contributed by atoms with Crippen LogP contribution in [0.1, 0.15) is 271 Å². The van der Waals surface area contributed by atoms with Crippen LogP contribution in [-0.4, -0.2) is 82.3 Å². The predicted octanol–water partition coefficient (Wildman–Crippen LogP) is 18.9. The highest BCUT2D eigenvalue weighted by Crippen LogP contribution is 2.16. The van der Waals surface area contributed by atoms with Crippen molar-refractivity contribution in [1.29, 1.82) is 0 Å². The Balaban J connectivity index is 4.10. The molecule has 0 aromatic carbocycles. The standard InChI is InChI=1S/C72H123NO8/c1-6-8-10-12-14-16-18-20-22-24-25-26-27-28-29-30-31-32-33-34-35-36-37-38-39-40-41-42-43-44-45-47-49-51-53-55-57-59-61-63-70(75)81-68(67-80-72(71(76)77)78-65-64-73(3,4)5)66-79-69(74)62-60-58-56-54-52-50-48-46-23-21-19-17-15-13-11-9-7-2/h8,10,14,16,20-23,25-26,28-29,31-32,34-35,37-38,68,72H,6-7,9,11-13,15,17-19,24,27,30,33,36,39-67H2,1-5H3/b10-8-,16-14-,22-20-,23-21-,26-25-,29-28-,32-31-,35-34-,38-37-. The number of likely N-dealkylation sites (N-methyl/N-ethyl adjacent to an activating group) is 1. The van der Waals surface area contributed by atoms with Gasteiger partial charge in [0, 0.05) is 12.8 Å². The SMILES string of the molecule is CC/C=C\C/C=C\C/C=C\C/C=C\C/C=C\C/C=C\C/C=C\C/C=C\CCCCCCCCCCCCCCCCC(=O)OC(COC(=O)CCCCCCCCC/C=C\CCCCCCCC)COC(OCC[N+](C)(C)C)C(=O)[O-]. The Bertz CT molecular complexity index is 1700. The normalized spacial score (nSPS) is 13.4. The highest BCUT2D eigenvalue weighted by atomic mass is 16.7. The van der Waals surface area contributed by atoms with Crippen LogP contribution in [0.3, 0.4) is 0 Å². The van der Waals surface area contributed by atoms with Gasteiger partial charge in [-0.1, -0.05) is 264 Å². The van der Waals surface area contributed by atoms with Crippen LogP contribution < -0.4 is 5.11 Å². The smallest absolute Gasteiger partial charge is 0.306 e. The lowest BCUT2D eigenvalue weighted by Crippen LogP contribution is -2.44. The highest BCUT2D eigenvalue weighted by Gasteiger charge is 2.22. The number of ether oxygens (including phenoxy) is 4. The highest BCUT2D eigenvalue weighted by molar-refractivity contribution is 5.70. The molecular weight excluding hydrogens is 1010 g/mol. The molecule has 0 rings (SSSR count). The van der Waals surface area contributed by atoms with Crippen molar-refractivity contribution >= 4 is 17.9 Å². The number of allylic oxidation sites excluding steroid dienone is 18. The lowest BCUT2D eigenvalue weighted by Gasteiger charge is -2.26. The first kappa shape index (κ1) is 77.0. The third kappa shape index (κ3) is 63.4. The molecule has 0 aromatic heterocycles. The first-order valence-corrected chi connectivity index (χ1v) is 33.0. The molecule has 0 radical (unpaired) electrons. The molecule has 0 spiro atoms. The molecule has 9 heteroatoms. The first-order valence-electron chi connectivity index (χ1n) is 33.0. The third-order valence-electron chi connectivity index (χ3n) is 14.0. The molecule has 464 valence electrons. The second-order valence-electron chi connectivity index (χ2n) is 23.0. The van der Waals surface area contributed by atoms with Gasteiger partial charge >= 0.3 is 11.9 Å². The summed E-state index contributed by atoms with van der Waals surface area (Å²) in [4.78, 5) is 37.4. The average molecular weight is 1130 g/mol. The molecule has 0 saturated heterocycles. The summed E-state index contributed by atoms with van der Waals surface area (Å²) >= 11 is 0. The van der Waals surface area contributed by atoms with Crippen molar-refractivity contribution in [3.63, 3.8) is 0 Å². The zero-order valence-corrected chi connectivity index (χ0v) is 52.9. The van der Waals surface area contributed by atoms with Gasteiger partial charge in [-0.3, -0.25) is 9.59 Å². The number of carboxylic acids is 1. The summed E-state index contributed by atoms with van der Waals surface area (Å²) in [6.07, 6.45) is 83.0. The Hall–Kier alpha value is -4.05. The van der Waals surface area contributed by atoms with Crippen LogP contribution in [0, 0.1) is 0 Å². The fourth-order valence-corrected chi connectivity index (χ4v) is 8.96. The van der Waals surface area contributed by atoms with Gasteiger partial charge in [-0.2, -0.15) is 0 Å². The van der Waals surface area contributed by atoms with Gasteiger partial charge in [-0.05, 0) is 103 Å². The number of carboxylic acid groups (broad SMARTS) is 1. The third-order valence-corrected chi connectivity index (χ3v) is 14.0. The van der Waals surface area contributed by atoms with E-state index in [-0.39, 0.29) is 38.6 Å².